The third kappa shape index (κ3) is 2.54. The lowest BCUT2D eigenvalue weighted by Gasteiger charge is -2.28. The molecule has 4 nitrogen and oxygen atoms in total. The lowest BCUT2D eigenvalue weighted by atomic mass is 10.1. The van der Waals surface area contributed by atoms with Gasteiger partial charge in [0.05, 0.1) is 5.69 Å². The first-order valence-corrected chi connectivity index (χ1v) is 5.87. The summed E-state index contributed by atoms with van der Waals surface area (Å²) in [7, 11) is 1.90. The minimum Gasteiger partial charge on any atom is -0.297 e. The summed E-state index contributed by atoms with van der Waals surface area (Å²) in [4.78, 5) is 3.14. The van der Waals surface area contributed by atoms with E-state index in [2.05, 4.69) is 31.1 Å². The van der Waals surface area contributed by atoms with Crippen molar-refractivity contribution in [2.45, 2.75) is 24.2 Å². The van der Waals surface area contributed by atoms with Gasteiger partial charge in [0.15, 0.2) is 0 Å². The van der Waals surface area contributed by atoms with Crippen LogP contribution in [0.15, 0.2) is 6.20 Å². The van der Waals surface area contributed by atoms with Crippen LogP contribution in [0, 0.1) is 0 Å². The van der Waals surface area contributed by atoms with Crippen LogP contribution in [0.2, 0.25) is 0 Å². The maximum Gasteiger partial charge on any atom is 0.0966 e. The second-order valence-corrected chi connectivity index (χ2v) is 5.13. The molecule has 1 fully saturated rings. The zero-order valence-electron chi connectivity index (χ0n) is 8.36. The van der Waals surface area contributed by atoms with Crippen LogP contribution >= 0.6 is 15.9 Å². The molecule has 0 aromatic carbocycles. The smallest absolute Gasteiger partial charge is 0.0966 e. The van der Waals surface area contributed by atoms with E-state index in [-0.39, 0.29) is 0 Å². The van der Waals surface area contributed by atoms with Crippen molar-refractivity contribution >= 4 is 15.9 Å². The summed E-state index contributed by atoms with van der Waals surface area (Å²) in [5.74, 6) is 0. The number of aromatic nitrogens is 3. The van der Waals surface area contributed by atoms with Crippen molar-refractivity contribution < 1.29 is 0 Å². The summed E-state index contributed by atoms with van der Waals surface area (Å²) in [6.45, 7) is 3.26. The van der Waals surface area contributed by atoms with Crippen LogP contribution in [0.5, 0.6) is 0 Å². The van der Waals surface area contributed by atoms with E-state index in [1.165, 1.54) is 12.8 Å². The highest BCUT2D eigenvalue weighted by Gasteiger charge is 2.17. The van der Waals surface area contributed by atoms with Gasteiger partial charge >= 0.3 is 0 Å². The molecule has 2 rings (SSSR count). The number of halogens is 1. The van der Waals surface area contributed by atoms with E-state index in [4.69, 9.17) is 0 Å². The summed E-state index contributed by atoms with van der Waals surface area (Å²) in [5, 5.41) is 8.02. The Balaban J connectivity index is 1.86. The van der Waals surface area contributed by atoms with E-state index in [9.17, 15) is 0 Å². The Kier molecular flexibility index (Phi) is 3.18. The van der Waals surface area contributed by atoms with E-state index in [0.717, 1.165) is 25.3 Å². The summed E-state index contributed by atoms with van der Waals surface area (Å²) in [5.41, 5.74) is 1.07. The van der Waals surface area contributed by atoms with Crippen LogP contribution in [0.3, 0.4) is 0 Å². The molecule has 1 saturated heterocycles. The standard InChI is InChI=1S/C9H15BrN4/c1-13-6-9(11-12-13)7-14-4-2-8(10)3-5-14/h6,8H,2-5,7H2,1H3. The summed E-state index contributed by atoms with van der Waals surface area (Å²) < 4.78 is 1.76. The molecule has 0 atom stereocenters. The van der Waals surface area contributed by atoms with Crippen LogP contribution in [-0.2, 0) is 13.6 Å². The molecule has 0 spiro atoms. The molecule has 2 heterocycles. The first-order chi connectivity index (χ1) is 6.74. The van der Waals surface area contributed by atoms with Gasteiger partial charge in [0.1, 0.15) is 0 Å². The molecule has 0 aliphatic carbocycles. The molecule has 1 aliphatic heterocycles. The third-order valence-electron chi connectivity index (χ3n) is 2.55. The lowest BCUT2D eigenvalue weighted by molar-refractivity contribution is 0.223. The Morgan fingerprint density at radius 2 is 2.21 bits per heavy atom. The van der Waals surface area contributed by atoms with Crippen LogP contribution in [0.4, 0.5) is 0 Å². The fourth-order valence-corrected chi connectivity index (χ4v) is 2.17. The van der Waals surface area contributed by atoms with E-state index in [0.29, 0.717) is 4.83 Å². The van der Waals surface area contributed by atoms with Gasteiger partial charge in [-0.25, -0.2) is 0 Å². The second-order valence-electron chi connectivity index (χ2n) is 3.83. The van der Waals surface area contributed by atoms with Crippen molar-refractivity contribution in [3.8, 4) is 0 Å². The number of piperidine rings is 1. The zero-order valence-corrected chi connectivity index (χ0v) is 9.94. The van der Waals surface area contributed by atoms with Crippen molar-refractivity contribution in [3.05, 3.63) is 11.9 Å². The predicted molar refractivity (Wildman–Crippen MR) is 58.2 cm³/mol. The molecule has 0 N–H and O–H groups in total. The Bertz CT molecular complexity index is 291. The number of nitrogens with zero attached hydrogens (tertiary/aromatic N) is 4. The maximum atomic E-state index is 4.09. The van der Waals surface area contributed by atoms with Crippen LogP contribution in [0.1, 0.15) is 18.5 Å². The molecular weight excluding hydrogens is 244 g/mol. The number of aryl methyl sites for hydroxylation is 1. The van der Waals surface area contributed by atoms with Gasteiger partial charge in [-0.15, -0.1) is 5.10 Å². The molecule has 0 bridgehead atoms. The molecule has 0 amide bonds. The van der Waals surface area contributed by atoms with Gasteiger partial charge in [0, 0.05) is 24.6 Å². The first kappa shape index (κ1) is 10.1. The molecule has 0 radical (unpaired) electrons. The molecule has 78 valence electrons. The van der Waals surface area contributed by atoms with Crippen molar-refractivity contribution in [2.24, 2.45) is 7.05 Å². The molecule has 5 heteroatoms. The Hall–Kier alpha value is -0.420. The minimum atomic E-state index is 0.709. The topological polar surface area (TPSA) is 34.0 Å². The van der Waals surface area contributed by atoms with E-state index in [1.54, 1.807) is 4.68 Å². The Labute approximate surface area is 92.4 Å². The lowest BCUT2D eigenvalue weighted by Crippen LogP contribution is -2.33. The SMILES string of the molecule is Cn1cc(CN2CCC(Br)CC2)nn1. The third-order valence-corrected chi connectivity index (χ3v) is 3.47. The van der Waals surface area contributed by atoms with Gasteiger partial charge in [0.25, 0.3) is 0 Å². The minimum absolute atomic E-state index is 0.709. The molecule has 1 aliphatic rings. The molecule has 0 saturated carbocycles. The Morgan fingerprint density at radius 1 is 1.50 bits per heavy atom. The number of alkyl halides is 1. The number of hydrogen-bond donors (Lipinski definition) is 0. The van der Waals surface area contributed by atoms with E-state index < -0.39 is 0 Å². The predicted octanol–water partition coefficient (Wildman–Crippen LogP) is 1.17. The van der Waals surface area contributed by atoms with Gasteiger partial charge in [0.2, 0.25) is 0 Å². The fourth-order valence-electron chi connectivity index (χ4n) is 1.76. The van der Waals surface area contributed by atoms with E-state index >= 15 is 0 Å². The molecule has 1 aromatic rings. The average molecular weight is 259 g/mol. The van der Waals surface area contributed by atoms with Gasteiger partial charge in [-0.3, -0.25) is 9.58 Å². The summed E-state index contributed by atoms with van der Waals surface area (Å²) in [6.07, 6.45) is 4.46. The molecule has 0 unspecified atom stereocenters. The van der Waals surface area contributed by atoms with E-state index in [1.807, 2.05) is 13.2 Å². The quantitative estimate of drug-likeness (QED) is 0.748. The molecule has 1 aromatic heterocycles. The van der Waals surface area contributed by atoms with Crippen molar-refractivity contribution in [3.63, 3.8) is 0 Å². The summed E-state index contributed by atoms with van der Waals surface area (Å²) >= 11 is 3.65. The van der Waals surface area contributed by atoms with Crippen LogP contribution < -0.4 is 0 Å². The largest absolute Gasteiger partial charge is 0.297 e. The number of hydrogen-bond acceptors (Lipinski definition) is 3. The molecule has 14 heavy (non-hydrogen) atoms. The number of likely N-dealkylation sites (tertiary alicyclic amines) is 1. The van der Waals surface area contributed by atoms with Crippen molar-refractivity contribution in [2.75, 3.05) is 13.1 Å². The first-order valence-electron chi connectivity index (χ1n) is 4.95. The zero-order chi connectivity index (χ0) is 9.97. The van der Waals surface area contributed by atoms with Crippen LogP contribution in [0.25, 0.3) is 0 Å². The maximum absolute atomic E-state index is 4.09. The highest BCUT2D eigenvalue weighted by Crippen LogP contribution is 2.18. The van der Waals surface area contributed by atoms with Gasteiger partial charge in [-0.2, -0.15) is 0 Å². The van der Waals surface area contributed by atoms with Crippen LogP contribution in [-0.4, -0.2) is 37.8 Å². The Morgan fingerprint density at radius 3 is 2.79 bits per heavy atom. The van der Waals surface area contributed by atoms with Crippen molar-refractivity contribution in [1.82, 2.24) is 19.9 Å². The van der Waals surface area contributed by atoms with Gasteiger partial charge < -0.3 is 0 Å². The fraction of sp³-hybridized carbons (Fsp3) is 0.778. The normalized spacial score (nSPS) is 20.1. The highest BCUT2D eigenvalue weighted by molar-refractivity contribution is 9.09. The average Bonchev–Trinajstić information content (AvgIpc) is 2.56. The summed E-state index contributed by atoms with van der Waals surface area (Å²) in [6, 6.07) is 0. The molecular formula is C9H15BrN4. The van der Waals surface area contributed by atoms with Gasteiger partial charge in [-0.05, 0) is 25.9 Å². The highest BCUT2D eigenvalue weighted by atomic mass is 79.9. The van der Waals surface area contributed by atoms with Crippen molar-refractivity contribution in [1.29, 1.82) is 0 Å². The van der Waals surface area contributed by atoms with Gasteiger partial charge in [-0.1, -0.05) is 21.1 Å². The number of rotatable bonds is 2. The second kappa shape index (κ2) is 4.40. The monoisotopic (exact) mass is 258 g/mol.